The minimum absolute atomic E-state index is 0.165. The quantitative estimate of drug-likeness (QED) is 0.190. The summed E-state index contributed by atoms with van der Waals surface area (Å²) in [4.78, 5) is 40.9. The molecule has 0 amide bonds. The highest BCUT2D eigenvalue weighted by Gasteiger charge is 2.22. The van der Waals surface area contributed by atoms with Crippen LogP contribution in [0.25, 0.3) is 0 Å². The van der Waals surface area contributed by atoms with E-state index >= 15 is 0 Å². The Hall–Kier alpha value is -0.950. The van der Waals surface area contributed by atoms with Crippen molar-refractivity contribution >= 4 is 19.8 Å². The van der Waals surface area contributed by atoms with Crippen molar-refractivity contribution in [3.8, 4) is 0 Å². The van der Waals surface area contributed by atoms with Crippen molar-refractivity contribution in [2.75, 3.05) is 13.2 Å². The van der Waals surface area contributed by atoms with Gasteiger partial charge in [-0.3, -0.25) is 14.1 Å². The van der Waals surface area contributed by atoms with Crippen LogP contribution in [0.2, 0.25) is 0 Å². The van der Waals surface area contributed by atoms with Crippen molar-refractivity contribution in [1.29, 1.82) is 0 Å². The Morgan fingerprint density at radius 3 is 1.89 bits per heavy atom. The lowest BCUT2D eigenvalue weighted by molar-refractivity contribution is -0.161. The lowest BCUT2D eigenvalue weighted by Crippen LogP contribution is -2.29. The van der Waals surface area contributed by atoms with Gasteiger partial charge in [0.1, 0.15) is 6.61 Å². The van der Waals surface area contributed by atoms with E-state index in [2.05, 4.69) is 11.4 Å². The van der Waals surface area contributed by atoms with E-state index in [1.165, 1.54) is 38.5 Å². The molecule has 0 unspecified atom stereocenters. The summed E-state index contributed by atoms with van der Waals surface area (Å²) in [5, 5.41) is 0. The normalized spacial score (nSPS) is 12.6. The van der Waals surface area contributed by atoms with Crippen molar-refractivity contribution in [2.45, 2.75) is 97.0 Å². The van der Waals surface area contributed by atoms with Gasteiger partial charge in [0, 0.05) is 12.8 Å². The third kappa shape index (κ3) is 18.4. The minimum atomic E-state index is -4.70. The maximum absolute atomic E-state index is 11.8. The van der Waals surface area contributed by atoms with E-state index in [1.807, 2.05) is 0 Å². The zero-order valence-electron chi connectivity index (χ0n) is 17.3. The SMILES string of the molecule is CCCCCCCCCCCC(=O)OC[C@H](COP(=O)(O)O)OC(=O)CCC. The number of phosphoric acid groups is 1. The van der Waals surface area contributed by atoms with Crippen LogP contribution in [0.4, 0.5) is 0 Å². The number of rotatable bonds is 18. The number of carbonyl (C=O) groups excluding carboxylic acids is 2. The molecular formula is C19H37O8P. The molecule has 2 N–H and O–H groups in total. The molecule has 0 rings (SSSR count). The Bertz CT molecular complexity index is 463. The van der Waals surface area contributed by atoms with Crippen LogP contribution < -0.4 is 0 Å². The molecule has 0 saturated carbocycles. The fraction of sp³-hybridized carbons (Fsp3) is 0.895. The van der Waals surface area contributed by atoms with Gasteiger partial charge < -0.3 is 19.3 Å². The number of ether oxygens (including phenoxy) is 2. The molecule has 0 saturated heterocycles. The Morgan fingerprint density at radius 2 is 1.36 bits per heavy atom. The largest absolute Gasteiger partial charge is 0.469 e. The van der Waals surface area contributed by atoms with Crippen LogP contribution in [0.15, 0.2) is 0 Å². The lowest BCUT2D eigenvalue weighted by Gasteiger charge is -2.18. The number of unbranched alkanes of at least 4 members (excludes halogenated alkanes) is 8. The van der Waals surface area contributed by atoms with Gasteiger partial charge in [0.2, 0.25) is 0 Å². The first kappa shape index (κ1) is 27.0. The van der Waals surface area contributed by atoms with Crippen LogP contribution in [-0.2, 0) is 28.2 Å². The smallest absolute Gasteiger partial charge is 0.462 e. The average Bonchev–Trinajstić information content (AvgIpc) is 2.62. The number of carbonyl (C=O) groups is 2. The summed E-state index contributed by atoms with van der Waals surface area (Å²) in [7, 11) is -4.70. The van der Waals surface area contributed by atoms with E-state index in [0.29, 0.717) is 6.42 Å². The van der Waals surface area contributed by atoms with E-state index in [0.717, 1.165) is 19.3 Å². The maximum Gasteiger partial charge on any atom is 0.469 e. The van der Waals surface area contributed by atoms with Gasteiger partial charge >= 0.3 is 19.8 Å². The Kier molecular flexibility index (Phi) is 16.4. The fourth-order valence-corrected chi connectivity index (χ4v) is 2.94. The van der Waals surface area contributed by atoms with Crippen LogP contribution in [0.3, 0.4) is 0 Å². The summed E-state index contributed by atoms with van der Waals surface area (Å²) in [5.41, 5.74) is 0. The van der Waals surface area contributed by atoms with Gasteiger partial charge in [0.15, 0.2) is 6.10 Å². The van der Waals surface area contributed by atoms with E-state index in [9.17, 15) is 14.2 Å². The summed E-state index contributed by atoms with van der Waals surface area (Å²) < 4.78 is 25.3. The van der Waals surface area contributed by atoms with Crippen molar-refractivity contribution < 1.29 is 37.9 Å². The molecule has 0 aliphatic heterocycles. The molecule has 0 spiro atoms. The summed E-state index contributed by atoms with van der Waals surface area (Å²) in [6.45, 7) is 3.17. The second-order valence-electron chi connectivity index (χ2n) is 6.91. The third-order valence-electron chi connectivity index (χ3n) is 4.10. The number of phosphoric ester groups is 1. The highest BCUT2D eigenvalue weighted by molar-refractivity contribution is 7.46. The Balaban J connectivity index is 3.98. The molecule has 0 aromatic rings. The zero-order chi connectivity index (χ0) is 21.3. The summed E-state index contributed by atoms with van der Waals surface area (Å²) >= 11 is 0. The van der Waals surface area contributed by atoms with Crippen LogP contribution in [0.1, 0.15) is 90.9 Å². The van der Waals surface area contributed by atoms with Gasteiger partial charge in [-0.2, -0.15) is 0 Å². The van der Waals surface area contributed by atoms with Gasteiger partial charge in [0.05, 0.1) is 6.61 Å². The standard InChI is InChI=1S/C19H37O8P/c1-3-5-6-7-8-9-10-11-12-14-18(20)25-15-17(16-26-28(22,23)24)27-19(21)13-4-2/h17H,3-16H2,1-2H3,(H2,22,23,24)/t17-/m1/s1. The number of hydrogen-bond donors (Lipinski definition) is 2. The molecule has 0 heterocycles. The van der Waals surface area contributed by atoms with Crippen molar-refractivity contribution in [2.24, 2.45) is 0 Å². The second-order valence-corrected chi connectivity index (χ2v) is 8.15. The first-order chi connectivity index (χ1) is 13.3. The predicted molar refractivity (Wildman–Crippen MR) is 106 cm³/mol. The van der Waals surface area contributed by atoms with Gasteiger partial charge in [-0.1, -0.05) is 65.2 Å². The molecule has 0 radical (unpaired) electrons. The molecule has 9 heteroatoms. The minimum Gasteiger partial charge on any atom is -0.462 e. The van der Waals surface area contributed by atoms with Gasteiger partial charge in [-0.15, -0.1) is 0 Å². The van der Waals surface area contributed by atoms with Crippen molar-refractivity contribution in [1.82, 2.24) is 0 Å². The first-order valence-corrected chi connectivity index (χ1v) is 11.9. The zero-order valence-corrected chi connectivity index (χ0v) is 18.2. The number of hydrogen-bond acceptors (Lipinski definition) is 6. The molecule has 0 fully saturated rings. The van der Waals surface area contributed by atoms with Crippen LogP contribution in [0, 0.1) is 0 Å². The molecule has 28 heavy (non-hydrogen) atoms. The predicted octanol–water partition coefficient (Wildman–Crippen LogP) is 4.27. The first-order valence-electron chi connectivity index (χ1n) is 10.3. The van der Waals surface area contributed by atoms with E-state index in [4.69, 9.17) is 19.3 Å². The Morgan fingerprint density at radius 1 is 0.786 bits per heavy atom. The summed E-state index contributed by atoms with van der Waals surface area (Å²) in [5.74, 6) is -0.951. The van der Waals surface area contributed by atoms with Crippen molar-refractivity contribution in [3.63, 3.8) is 0 Å². The average molecular weight is 424 g/mol. The topological polar surface area (TPSA) is 119 Å². The summed E-state index contributed by atoms with van der Waals surface area (Å²) in [6.07, 6.45) is 10.2. The molecule has 1 atom stereocenters. The fourth-order valence-electron chi connectivity index (χ4n) is 2.58. The maximum atomic E-state index is 11.8. The lowest BCUT2D eigenvalue weighted by atomic mass is 10.1. The monoisotopic (exact) mass is 424 g/mol. The Labute approximate surface area is 168 Å². The molecule has 8 nitrogen and oxygen atoms in total. The molecule has 0 aliphatic rings. The molecular weight excluding hydrogens is 387 g/mol. The second kappa shape index (κ2) is 17.0. The van der Waals surface area contributed by atoms with Crippen LogP contribution in [0.5, 0.6) is 0 Å². The molecule has 0 bridgehead atoms. The highest BCUT2D eigenvalue weighted by Crippen LogP contribution is 2.35. The highest BCUT2D eigenvalue weighted by atomic mass is 31.2. The van der Waals surface area contributed by atoms with Gasteiger partial charge in [-0.05, 0) is 12.8 Å². The third-order valence-corrected chi connectivity index (χ3v) is 4.58. The molecule has 166 valence electrons. The van der Waals surface area contributed by atoms with Gasteiger partial charge in [0.25, 0.3) is 0 Å². The number of esters is 2. The van der Waals surface area contributed by atoms with Gasteiger partial charge in [-0.25, -0.2) is 4.57 Å². The molecule has 0 aromatic carbocycles. The van der Waals surface area contributed by atoms with Crippen LogP contribution >= 0.6 is 7.82 Å². The molecule has 0 aromatic heterocycles. The van der Waals surface area contributed by atoms with E-state index in [1.54, 1.807) is 6.92 Å². The van der Waals surface area contributed by atoms with E-state index < -0.39 is 32.5 Å². The van der Waals surface area contributed by atoms with E-state index in [-0.39, 0.29) is 19.4 Å². The summed E-state index contributed by atoms with van der Waals surface area (Å²) in [6, 6.07) is 0. The molecule has 0 aliphatic carbocycles. The van der Waals surface area contributed by atoms with Crippen LogP contribution in [-0.4, -0.2) is 41.0 Å². The van der Waals surface area contributed by atoms with Crippen molar-refractivity contribution in [3.05, 3.63) is 0 Å².